The molecule has 0 aromatic heterocycles. The molecule has 7 nitrogen and oxygen atoms in total. The first kappa shape index (κ1) is 17.2. The van der Waals surface area contributed by atoms with E-state index in [1.807, 2.05) is 0 Å². The van der Waals surface area contributed by atoms with Crippen molar-refractivity contribution in [1.82, 2.24) is 0 Å². The van der Waals surface area contributed by atoms with Gasteiger partial charge in [-0.3, -0.25) is 14.9 Å². The van der Waals surface area contributed by atoms with E-state index in [-0.39, 0.29) is 18.1 Å². The van der Waals surface area contributed by atoms with E-state index in [4.69, 9.17) is 14.2 Å². The average molecular weight is 297 g/mol. The van der Waals surface area contributed by atoms with E-state index >= 15 is 0 Å². The Labute approximate surface area is 123 Å². The smallest absolute Gasteiger partial charge is 0.269 e. The Morgan fingerprint density at radius 1 is 1.10 bits per heavy atom. The third-order valence-electron chi connectivity index (χ3n) is 2.64. The fourth-order valence-electron chi connectivity index (χ4n) is 1.52. The number of non-ortho nitro benzene ring substituents is 1. The lowest BCUT2D eigenvalue weighted by Crippen LogP contribution is -2.11. The number of Topliss-reactive ketones (excluding diaryl/α,β-unsaturated/α-hetero) is 1. The second-order valence-corrected chi connectivity index (χ2v) is 4.24. The minimum Gasteiger partial charge on any atom is -0.382 e. The van der Waals surface area contributed by atoms with Crippen molar-refractivity contribution < 1.29 is 23.9 Å². The Hall–Kier alpha value is -1.83. The Kier molecular flexibility index (Phi) is 8.18. The van der Waals surface area contributed by atoms with Crippen molar-refractivity contribution >= 4 is 11.5 Å². The van der Waals surface area contributed by atoms with Gasteiger partial charge in [0.1, 0.15) is 6.61 Å². The molecule has 0 aliphatic carbocycles. The van der Waals surface area contributed by atoms with Crippen molar-refractivity contribution in [1.29, 1.82) is 0 Å². The van der Waals surface area contributed by atoms with Gasteiger partial charge in [0, 0.05) is 38.0 Å². The van der Waals surface area contributed by atoms with Gasteiger partial charge in [0.05, 0.1) is 18.1 Å². The van der Waals surface area contributed by atoms with E-state index in [1.165, 1.54) is 24.3 Å². The standard InChI is InChI=1S/C14H19NO6/c1-19-9-10-20-7-2-8-21-11-14(16)12-3-5-13(6-4-12)15(17)18/h3-6H,2,7-11H2,1H3. The van der Waals surface area contributed by atoms with Crippen LogP contribution in [0.5, 0.6) is 0 Å². The summed E-state index contributed by atoms with van der Waals surface area (Å²) in [4.78, 5) is 21.7. The molecule has 0 heterocycles. The topological polar surface area (TPSA) is 87.9 Å². The van der Waals surface area contributed by atoms with Crippen molar-refractivity contribution in [3.63, 3.8) is 0 Å². The number of ether oxygens (including phenoxy) is 3. The second kappa shape index (κ2) is 9.98. The number of nitro benzene ring substituents is 1. The summed E-state index contributed by atoms with van der Waals surface area (Å²) in [6.45, 7) is 2.02. The lowest BCUT2D eigenvalue weighted by Gasteiger charge is -2.05. The molecule has 0 aliphatic heterocycles. The molecule has 0 amide bonds. The number of ketones is 1. The summed E-state index contributed by atoms with van der Waals surface area (Å²) < 4.78 is 15.3. The number of carbonyl (C=O) groups excluding carboxylic acids is 1. The molecule has 0 radical (unpaired) electrons. The lowest BCUT2D eigenvalue weighted by molar-refractivity contribution is -0.384. The van der Waals surface area contributed by atoms with Gasteiger partial charge in [0.15, 0.2) is 5.78 Å². The summed E-state index contributed by atoms with van der Waals surface area (Å²) in [5.74, 6) is -0.204. The molecule has 0 atom stereocenters. The average Bonchev–Trinajstić information content (AvgIpc) is 2.49. The predicted molar refractivity (Wildman–Crippen MR) is 75.6 cm³/mol. The molecule has 21 heavy (non-hydrogen) atoms. The van der Waals surface area contributed by atoms with E-state index in [1.54, 1.807) is 7.11 Å². The summed E-state index contributed by atoms with van der Waals surface area (Å²) in [5.41, 5.74) is 0.359. The zero-order valence-electron chi connectivity index (χ0n) is 11.9. The molecule has 0 fully saturated rings. The van der Waals surface area contributed by atoms with E-state index in [0.717, 1.165) is 0 Å². The molecule has 0 saturated carbocycles. The molecule has 0 N–H and O–H groups in total. The van der Waals surface area contributed by atoms with Crippen LogP contribution in [0.2, 0.25) is 0 Å². The molecule has 0 bridgehead atoms. The van der Waals surface area contributed by atoms with Gasteiger partial charge in [-0.2, -0.15) is 0 Å². The van der Waals surface area contributed by atoms with Crippen LogP contribution in [0.25, 0.3) is 0 Å². The molecule has 1 aromatic carbocycles. The Morgan fingerprint density at radius 2 is 1.76 bits per heavy atom. The van der Waals surface area contributed by atoms with Crippen molar-refractivity contribution in [3.8, 4) is 0 Å². The predicted octanol–water partition coefficient (Wildman–Crippen LogP) is 1.85. The van der Waals surface area contributed by atoms with Crippen molar-refractivity contribution in [2.75, 3.05) is 40.1 Å². The normalized spacial score (nSPS) is 10.5. The third-order valence-corrected chi connectivity index (χ3v) is 2.64. The highest BCUT2D eigenvalue weighted by atomic mass is 16.6. The van der Waals surface area contributed by atoms with Crippen molar-refractivity contribution in [2.24, 2.45) is 0 Å². The van der Waals surface area contributed by atoms with E-state index in [0.29, 0.717) is 38.4 Å². The molecule has 0 unspecified atom stereocenters. The zero-order valence-corrected chi connectivity index (χ0v) is 11.9. The molecular weight excluding hydrogens is 278 g/mol. The molecule has 116 valence electrons. The molecule has 0 saturated heterocycles. The number of carbonyl (C=O) groups is 1. The maximum absolute atomic E-state index is 11.8. The summed E-state index contributed by atoms with van der Waals surface area (Å²) >= 11 is 0. The zero-order chi connectivity index (χ0) is 15.5. The molecule has 0 spiro atoms. The SMILES string of the molecule is COCCOCCCOCC(=O)c1ccc([N+](=O)[O-])cc1. The van der Waals surface area contributed by atoms with Crippen LogP contribution >= 0.6 is 0 Å². The van der Waals surface area contributed by atoms with Crippen LogP contribution in [0.3, 0.4) is 0 Å². The van der Waals surface area contributed by atoms with Gasteiger partial charge in [-0.1, -0.05) is 0 Å². The fourth-order valence-corrected chi connectivity index (χ4v) is 1.52. The second-order valence-electron chi connectivity index (χ2n) is 4.24. The van der Waals surface area contributed by atoms with Gasteiger partial charge in [0.2, 0.25) is 0 Å². The number of hydrogen-bond acceptors (Lipinski definition) is 6. The minimum atomic E-state index is -0.506. The van der Waals surface area contributed by atoms with Gasteiger partial charge in [0.25, 0.3) is 5.69 Å². The molecule has 7 heteroatoms. The minimum absolute atomic E-state index is 0.0410. The molecule has 1 rings (SSSR count). The summed E-state index contributed by atoms with van der Waals surface area (Å²) in [6.07, 6.45) is 0.692. The Bertz CT molecular complexity index is 445. The van der Waals surface area contributed by atoms with Gasteiger partial charge >= 0.3 is 0 Å². The lowest BCUT2D eigenvalue weighted by atomic mass is 10.1. The number of nitrogens with zero attached hydrogens (tertiary/aromatic N) is 1. The van der Waals surface area contributed by atoms with Crippen LogP contribution < -0.4 is 0 Å². The Balaban J connectivity index is 2.17. The van der Waals surface area contributed by atoms with Gasteiger partial charge < -0.3 is 14.2 Å². The molecule has 0 aliphatic rings. The van der Waals surface area contributed by atoms with Gasteiger partial charge in [-0.05, 0) is 18.6 Å². The van der Waals surface area contributed by atoms with Crippen LogP contribution in [0.15, 0.2) is 24.3 Å². The maximum Gasteiger partial charge on any atom is 0.269 e. The Morgan fingerprint density at radius 3 is 2.38 bits per heavy atom. The highest BCUT2D eigenvalue weighted by molar-refractivity contribution is 5.97. The third kappa shape index (κ3) is 6.94. The summed E-state index contributed by atoms with van der Waals surface area (Å²) in [5, 5.41) is 10.5. The van der Waals surface area contributed by atoms with Crippen LogP contribution in [0, 0.1) is 10.1 Å². The highest BCUT2D eigenvalue weighted by Crippen LogP contribution is 2.12. The summed E-state index contributed by atoms with van der Waals surface area (Å²) in [6, 6.07) is 5.46. The van der Waals surface area contributed by atoms with Crippen LogP contribution in [-0.2, 0) is 14.2 Å². The number of nitro groups is 1. The number of benzene rings is 1. The fraction of sp³-hybridized carbons (Fsp3) is 0.500. The van der Waals surface area contributed by atoms with Crippen LogP contribution in [0.1, 0.15) is 16.8 Å². The van der Waals surface area contributed by atoms with E-state index in [9.17, 15) is 14.9 Å². The highest BCUT2D eigenvalue weighted by Gasteiger charge is 2.09. The first-order chi connectivity index (χ1) is 10.1. The van der Waals surface area contributed by atoms with E-state index < -0.39 is 4.92 Å². The van der Waals surface area contributed by atoms with Gasteiger partial charge in [-0.15, -0.1) is 0 Å². The van der Waals surface area contributed by atoms with Crippen molar-refractivity contribution in [2.45, 2.75) is 6.42 Å². The van der Waals surface area contributed by atoms with Crippen LogP contribution in [-0.4, -0.2) is 50.9 Å². The largest absolute Gasteiger partial charge is 0.382 e. The maximum atomic E-state index is 11.8. The monoisotopic (exact) mass is 297 g/mol. The number of hydrogen-bond donors (Lipinski definition) is 0. The van der Waals surface area contributed by atoms with Crippen LogP contribution in [0.4, 0.5) is 5.69 Å². The number of methoxy groups -OCH3 is 1. The van der Waals surface area contributed by atoms with E-state index in [2.05, 4.69) is 0 Å². The molecular formula is C14H19NO6. The first-order valence-corrected chi connectivity index (χ1v) is 6.57. The quantitative estimate of drug-likeness (QED) is 0.268. The first-order valence-electron chi connectivity index (χ1n) is 6.57. The summed E-state index contributed by atoms with van der Waals surface area (Å²) in [7, 11) is 1.61. The number of rotatable bonds is 11. The van der Waals surface area contributed by atoms with Gasteiger partial charge in [-0.25, -0.2) is 0 Å². The molecule has 1 aromatic rings. The van der Waals surface area contributed by atoms with Crippen molar-refractivity contribution in [3.05, 3.63) is 39.9 Å².